The summed E-state index contributed by atoms with van der Waals surface area (Å²) in [6.45, 7) is 7.10. The Morgan fingerprint density at radius 3 is 2.37 bits per heavy atom. The minimum Gasteiger partial charge on any atom is -0.497 e. The van der Waals surface area contributed by atoms with Gasteiger partial charge in [0.25, 0.3) is 10.0 Å². The molecule has 0 spiro atoms. The van der Waals surface area contributed by atoms with E-state index in [-0.39, 0.29) is 4.90 Å². The third kappa shape index (κ3) is 3.87. The molecule has 0 aliphatic heterocycles. The fourth-order valence-electron chi connectivity index (χ4n) is 3.29. The zero-order chi connectivity index (χ0) is 19.4. The van der Waals surface area contributed by atoms with E-state index in [0.29, 0.717) is 5.52 Å². The SMILES string of the molecule is CCN(CC)CCc1cn(S(=O)(=O)c2ccccc2)c2ccc(OC)cc12. The van der Waals surface area contributed by atoms with E-state index in [1.165, 1.54) is 3.97 Å². The summed E-state index contributed by atoms with van der Waals surface area (Å²) in [7, 11) is -2.03. The van der Waals surface area contributed by atoms with Crippen LogP contribution in [0.3, 0.4) is 0 Å². The largest absolute Gasteiger partial charge is 0.497 e. The number of likely N-dealkylation sites (N-methyl/N-ethyl adjacent to an activating group) is 1. The molecule has 0 fully saturated rings. The van der Waals surface area contributed by atoms with Gasteiger partial charge in [-0.05, 0) is 55.4 Å². The molecule has 144 valence electrons. The van der Waals surface area contributed by atoms with Gasteiger partial charge in [0.15, 0.2) is 0 Å². The highest BCUT2D eigenvalue weighted by Gasteiger charge is 2.21. The van der Waals surface area contributed by atoms with Crippen LogP contribution in [-0.4, -0.2) is 44.0 Å². The van der Waals surface area contributed by atoms with Crippen molar-refractivity contribution in [2.24, 2.45) is 0 Å². The number of benzene rings is 2. The Hall–Kier alpha value is -2.31. The molecule has 3 aromatic rings. The monoisotopic (exact) mass is 386 g/mol. The van der Waals surface area contributed by atoms with E-state index in [0.717, 1.165) is 42.8 Å². The molecule has 5 nitrogen and oxygen atoms in total. The van der Waals surface area contributed by atoms with Crippen LogP contribution < -0.4 is 4.74 Å². The smallest absolute Gasteiger partial charge is 0.268 e. The average Bonchev–Trinajstić information content (AvgIpc) is 3.08. The van der Waals surface area contributed by atoms with Crippen molar-refractivity contribution in [1.29, 1.82) is 0 Å². The highest BCUT2D eigenvalue weighted by atomic mass is 32.2. The first-order valence-electron chi connectivity index (χ1n) is 9.22. The quantitative estimate of drug-likeness (QED) is 0.591. The molecule has 3 rings (SSSR count). The van der Waals surface area contributed by atoms with E-state index in [4.69, 9.17) is 4.74 Å². The second kappa shape index (κ2) is 8.15. The van der Waals surface area contributed by atoms with E-state index in [1.807, 2.05) is 18.2 Å². The van der Waals surface area contributed by atoms with Gasteiger partial charge >= 0.3 is 0 Å². The van der Waals surface area contributed by atoms with Gasteiger partial charge in [-0.2, -0.15) is 0 Å². The Balaban J connectivity index is 2.11. The van der Waals surface area contributed by atoms with Gasteiger partial charge in [0.2, 0.25) is 0 Å². The first-order valence-corrected chi connectivity index (χ1v) is 10.7. The first-order chi connectivity index (χ1) is 13.0. The summed E-state index contributed by atoms with van der Waals surface area (Å²) in [6, 6.07) is 14.1. The van der Waals surface area contributed by atoms with Gasteiger partial charge in [0.1, 0.15) is 5.75 Å². The molecule has 1 aromatic heterocycles. The molecule has 0 radical (unpaired) electrons. The number of nitrogens with zero attached hydrogens (tertiary/aromatic N) is 2. The number of rotatable bonds is 8. The van der Waals surface area contributed by atoms with Crippen LogP contribution in [0.1, 0.15) is 19.4 Å². The van der Waals surface area contributed by atoms with Crippen LogP contribution >= 0.6 is 0 Å². The highest BCUT2D eigenvalue weighted by Crippen LogP contribution is 2.29. The number of methoxy groups -OCH3 is 1. The molecule has 0 aliphatic rings. The van der Waals surface area contributed by atoms with Gasteiger partial charge in [0.05, 0.1) is 17.5 Å². The molecule has 0 unspecified atom stereocenters. The van der Waals surface area contributed by atoms with Gasteiger partial charge in [0, 0.05) is 18.1 Å². The van der Waals surface area contributed by atoms with Crippen LogP contribution in [0.5, 0.6) is 5.75 Å². The lowest BCUT2D eigenvalue weighted by atomic mass is 10.1. The predicted molar refractivity (Wildman–Crippen MR) is 109 cm³/mol. The highest BCUT2D eigenvalue weighted by molar-refractivity contribution is 7.90. The van der Waals surface area contributed by atoms with Crippen molar-refractivity contribution in [3.05, 3.63) is 60.3 Å². The van der Waals surface area contributed by atoms with Crippen LogP contribution in [0.15, 0.2) is 59.6 Å². The normalized spacial score (nSPS) is 12.0. The predicted octanol–water partition coefficient (Wildman–Crippen LogP) is 3.77. The summed E-state index contributed by atoms with van der Waals surface area (Å²) in [4.78, 5) is 2.61. The van der Waals surface area contributed by atoms with Gasteiger partial charge in [-0.25, -0.2) is 12.4 Å². The van der Waals surface area contributed by atoms with Gasteiger partial charge in [-0.3, -0.25) is 0 Å². The second-order valence-corrected chi connectivity index (χ2v) is 8.24. The van der Waals surface area contributed by atoms with Crippen LogP contribution in [-0.2, 0) is 16.4 Å². The lowest BCUT2D eigenvalue weighted by molar-refractivity contribution is 0.308. The summed E-state index contributed by atoms with van der Waals surface area (Å²) >= 11 is 0. The summed E-state index contributed by atoms with van der Waals surface area (Å²) in [6.07, 6.45) is 2.54. The molecule has 6 heteroatoms. The maximum absolute atomic E-state index is 13.2. The molecule has 0 aliphatic carbocycles. The van der Waals surface area contributed by atoms with E-state index < -0.39 is 10.0 Å². The maximum Gasteiger partial charge on any atom is 0.268 e. The maximum atomic E-state index is 13.2. The second-order valence-electron chi connectivity index (χ2n) is 6.43. The number of aromatic nitrogens is 1. The molecule has 0 saturated carbocycles. The summed E-state index contributed by atoms with van der Waals surface area (Å²) in [5.41, 5.74) is 1.68. The molecule has 1 heterocycles. The van der Waals surface area contributed by atoms with Crippen LogP contribution in [0, 0.1) is 0 Å². The standard InChI is InChI=1S/C21H26N2O3S/c1-4-22(5-2)14-13-17-16-23(21-12-11-18(26-3)15-20(17)21)27(24,25)19-9-7-6-8-10-19/h6-12,15-16H,4-5,13-14H2,1-3H3. The summed E-state index contributed by atoms with van der Waals surface area (Å²) in [5.74, 6) is 0.724. The van der Waals surface area contributed by atoms with Crippen molar-refractivity contribution >= 4 is 20.9 Å². The van der Waals surface area contributed by atoms with E-state index in [9.17, 15) is 8.42 Å². The van der Waals surface area contributed by atoms with E-state index in [1.54, 1.807) is 43.6 Å². The van der Waals surface area contributed by atoms with Gasteiger partial charge < -0.3 is 9.64 Å². The lowest BCUT2D eigenvalue weighted by Gasteiger charge is -2.17. The Morgan fingerprint density at radius 1 is 1.04 bits per heavy atom. The number of fused-ring (bicyclic) bond motifs is 1. The minimum absolute atomic E-state index is 0.285. The minimum atomic E-state index is -3.65. The summed E-state index contributed by atoms with van der Waals surface area (Å²) < 4.78 is 33.1. The fourth-order valence-corrected chi connectivity index (χ4v) is 4.71. The Kier molecular flexibility index (Phi) is 5.87. The fraction of sp³-hybridized carbons (Fsp3) is 0.333. The van der Waals surface area contributed by atoms with Crippen molar-refractivity contribution in [1.82, 2.24) is 8.87 Å². The third-order valence-electron chi connectivity index (χ3n) is 4.95. The van der Waals surface area contributed by atoms with Crippen molar-refractivity contribution in [2.45, 2.75) is 25.2 Å². The third-order valence-corrected chi connectivity index (χ3v) is 6.64. The topological polar surface area (TPSA) is 51.5 Å². The lowest BCUT2D eigenvalue weighted by Crippen LogP contribution is -2.25. The molecule has 0 saturated heterocycles. The van der Waals surface area contributed by atoms with Gasteiger partial charge in [-0.1, -0.05) is 32.0 Å². The van der Waals surface area contributed by atoms with Crippen molar-refractivity contribution in [3.63, 3.8) is 0 Å². The molecule has 27 heavy (non-hydrogen) atoms. The molecule has 0 atom stereocenters. The van der Waals surface area contributed by atoms with Crippen molar-refractivity contribution < 1.29 is 13.2 Å². The molecule has 0 N–H and O–H groups in total. The van der Waals surface area contributed by atoms with E-state index in [2.05, 4.69) is 18.7 Å². The van der Waals surface area contributed by atoms with E-state index >= 15 is 0 Å². The first kappa shape index (κ1) is 19.5. The number of ether oxygens (including phenoxy) is 1. The Bertz CT molecular complexity index is 1010. The van der Waals surface area contributed by atoms with Crippen LogP contribution in [0.25, 0.3) is 10.9 Å². The molecular formula is C21H26N2O3S. The Morgan fingerprint density at radius 2 is 1.74 bits per heavy atom. The van der Waals surface area contributed by atoms with Crippen LogP contribution in [0.2, 0.25) is 0 Å². The molecule has 0 bridgehead atoms. The van der Waals surface area contributed by atoms with Crippen LogP contribution in [0.4, 0.5) is 0 Å². The zero-order valence-corrected chi connectivity index (χ0v) is 16.9. The zero-order valence-electron chi connectivity index (χ0n) is 16.1. The molecule has 2 aromatic carbocycles. The Labute approximate surface area is 161 Å². The van der Waals surface area contributed by atoms with Gasteiger partial charge in [-0.15, -0.1) is 0 Å². The molecule has 0 amide bonds. The molecular weight excluding hydrogens is 360 g/mol. The number of hydrogen-bond acceptors (Lipinski definition) is 4. The van der Waals surface area contributed by atoms with Crippen molar-refractivity contribution in [2.75, 3.05) is 26.7 Å². The summed E-state index contributed by atoms with van der Waals surface area (Å²) in [5, 5.41) is 0.918. The van der Waals surface area contributed by atoms with Crippen molar-refractivity contribution in [3.8, 4) is 5.75 Å². The number of hydrogen-bond donors (Lipinski definition) is 0. The average molecular weight is 387 g/mol.